The molecular formula is C14H13FN2S. The van der Waals surface area contributed by atoms with Crippen molar-refractivity contribution in [3.63, 3.8) is 0 Å². The van der Waals surface area contributed by atoms with Crippen LogP contribution in [0.25, 0.3) is 10.9 Å². The van der Waals surface area contributed by atoms with Crippen LogP contribution in [0.15, 0.2) is 18.2 Å². The fraction of sp³-hybridized carbons (Fsp3) is 0.286. The lowest BCUT2D eigenvalue weighted by Crippen LogP contribution is -2.18. The van der Waals surface area contributed by atoms with Gasteiger partial charge in [0.25, 0.3) is 0 Å². The molecule has 0 atom stereocenters. The lowest BCUT2D eigenvalue weighted by atomic mass is 9.90. The van der Waals surface area contributed by atoms with Gasteiger partial charge in [-0.25, -0.2) is 4.39 Å². The van der Waals surface area contributed by atoms with Crippen molar-refractivity contribution in [1.29, 1.82) is 0 Å². The van der Waals surface area contributed by atoms with Gasteiger partial charge in [-0.05, 0) is 49.4 Å². The summed E-state index contributed by atoms with van der Waals surface area (Å²) < 4.78 is 13.4. The predicted molar refractivity (Wildman–Crippen MR) is 74.2 cm³/mol. The van der Waals surface area contributed by atoms with Gasteiger partial charge >= 0.3 is 0 Å². The molecule has 3 rings (SSSR count). The molecule has 0 saturated carbocycles. The third-order valence-electron chi connectivity index (χ3n) is 3.47. The van der Waals surface area contributed by atoms with Crippen molar-refractivity contribution < 1.29 is 4.39 Å². The van der Waals surface area contributed by atoms with Crippen molar-refractivity contribution in [2.24, 2.45) is 5.73 Å². The van der Waals surface area contributed by atoms with E-state index in [0.717, 1.165) is 53.4 Å². The van der Waals surface area contributed by atoms with Crippen LogP contribution in [0.1, 0.15) is 29.7 Å². The zero-order chi connectivity index (χ0) is 12.7. The number of aryl methyl sites for hydroxylation is 1. The molecule has 18 heavy (non-hydrogen) atoms. The first-order chi connectivity index (χ1) is 8.66. The van der Waals surface area contributed by atoms with Gasteiger partial charge in [0.15, 0.2) is 0 Å². The van der Waals surface area contributed by atoms with Gasteiger partial charge in [-0.3, -0.25) is 4.98 Å². The molecule has 0 fully saturated rings. The van der Waals surface area contributed by atoms with E-state index in [0.29, 0.717) is 4.99 Å². The van der Waals surface area contributed by atoms with Crippen molar-refractivity contribution in [2.45, 2.75) is 25.7 Å². The zero-order valence-electron chi connectivity index (χ0n) is 9.87. The lowest BCUT2D eigenvalue weighted by molar-refractivity contribution is 0.629. The number of hydrogen-bond acceptors (Lipinski definition) is 2. The Balaban J connectivity index is 2.41. The number of nitrogens with zero attached hydrogens (tertiary/aromatic N) is 1. The Hall–Kier alpha value is -1.55. The zero-order valence-corrected chi connectivity index (χ0v) is 10.7. The normalized spacial score (nSPS) is 14.5. The maximum atomic E-state index is 13.4. The number of fused-ring (bicyclic) bond motifs is 2. The Bertz CT molecular complexity index is 652. The minimum atomic E-state index is -0.280. The second kappa shape index (κ2) is 4.28. The highest BCUT2D eigenvalue weighted by Crippen LogP contribution is 2.29. The summed E-state index contributed by atoms with van der Waals surface area (Å²) in [6, 6.07) is 4.60. The van der Waals surface area contributed by atoms with Crippen molar-refractivity contribution in [2.75, 3.05) is 0 Å². The van der Waals surface area contributed by atoms with Crippen LogP contribution in [-0.4, -0.2) is 9.97 Å². The number of thiocarbonyl (C=S) groups is 1. The van der Waals surface area contributed by atoms with Crippen LogP contribution >= 0.6 is 12.2 Å². The highest BCUT2D eigenvalue weighted by molar-refractivity contribution is 7.80. The molecule has 0 bridgehead atoms. The van der Waals surface area contributed by atoms with Gasteiger partial charge < -0.3 is 5.73 Å². The molecule has 0 unspecified atom stereocenters. The van der Waals surface area contributed by atoms with Crippen LogP contribution in [-0.2, 0) is 12.8 Å². The number of nitrogens with two attached hydrogens (primary N) is 1. The van der Waals surface area contributed by atoms with Crippen LogP contribution in [0.5, 0.6) is 0 Å². The van der Waals surface area contributed by atoms with E-state index in [2.05, 4.69) is 4.98 Å². The molecule has 0 spiro atoms. The fourth-order valence-corrected chi connectivity index (χ4v) is 2.91. The van der Waals surface area contributed by atoms with Crippen molar-refractivity contribution >= 4 is 28.1 Å². The Kier molecular flexibility index (Phi) is 2.74. The third kappa shape index (κ3) is 1.77. The largest absolute Gasteiger partial charge is 0.389 e. The SMILES string of the molecule is NC(=S)c1c2c(nc3ccc(F)cc13)CCCC2. The average molecular weight is 260 g/mol. The summed E-state index contributed by atoms with van der Waals surface area (Å²) in [6.07, 6.45) is 4.15. The minimum Gasteiger partial charge on any atom is -0.389 e. The summed E-state index contributed by atoms with van der Waals surface area (Å²) >= 11 is 5.15. The van der Waals surface area contributed by atoms with Gasteiger partial charge in [0.05, 0.1) is 5.52 Å². The topological polar surface area (TPSA) is 38.9 Å². The van der Waals surface area contributed by atoms with Gasteiger partial charge in [-0.15, -0.1) is 0 Å². The third-order valence-corrected chi connectivity index (χ3v) is 3.67. The predicted octanol–water partition coefficient (Wildman–Crippen LogP) is 2.89. The Morgan fingerprint density at radius 2 is 2.06 bits per heavy atom. The second-order valence-electron chi connectivity index (χ2n) is 4.64. The Morgan fingerprint density at radius 3 is 2.83 bits per heavy atom. The number of rotatable bonds is 1. The summed E-state index contributed by atoms with van der Waals surface area (Å²) in [5.41, 5.74) is 9.63. The summed E-state index contributed by atoms with van der Waals surface area (Å²) in [6.45, 7) is 0. The first kappa shape index (κ1) is 11.5. The van der Waals surface area contributed by atoms with Crippen molar-refractivity contribution in [1.82, 2.24) is 4.98 Å². The number of benzene rings is 1. The molecule has 92 valence electrons. The van der Waals surface area contributed by atoms with E-state index in [9.17, 15) is 4.39 Å². The Morgan fingerprint density at radius 1 is 1.28 bits per heavy atom. The highest BCUT2D eigenvalue weighted by Gasteiger charge is 2.19. The number of pyridine rings is 1. The number of hydrogen-bond donors (Lipinski definition) is 1. The van der Waals surface area contributed by atoms with Gasteiger partial charge in [-0.2, -0.15) is 0 Å². The Labute approximate surface area is 110 Å². The van der Waals surface area contributed by atoms with E-state index in [1.807, 2.05) is 0 Å². The molecule has 1 aliphatic rings. The van der Waals surface area contributed by atoms with E-state index in [1.165, 1.54) is 12.1 Å². The lowest BCUT2D eigenvalue weighted by Gasteiger charge is -2.20. The molecule has 0 saturated heterocycles. The molecular weight excluding hydrogens is 247 g/mol. The quantitative estimate of drug-likeness (QED) is 0.801. The highest BCUT2D eigenvalue weighted by atomic mass is 32.1. The van der Waals surface area contributed by atoms with Crippen molar-refractivity contribution in [3.05, 3.63) is 40.8 Å². The minimum absolute atomic E-state index is 0.280. The molecule has 0 aliphatic heterocycles. The van der Waals surface area contributed by atoms with Crippen LogP contribution in [0.2, 0.25) is 0 Å². The summed E-state index contributed by atoms with van der Waals surface area (Å²) in [4.78, 5) is 4.96. The molecule has 2 aromatic rings. The van der Waals surface area contributed by atoms with Gasteiger partial charge in [0.1, 0.15) is 10.8 Å². The number of aromatic nitrogens is 1. The van der Waals surface area contributed by atoms with Crippen LogP contribution in [0, 0.1) is 5.82 Å². The smallest absolute Gasteiger partial charge is 0.123 e. The molecule has 2 nitrogen and oxygen atoms in total. The standard InChI is InChI=1S/C14H13FN2S/c15-8-5-6-12-10(7-8)13(14(16)18)9-3-1-2-4-11(9)17-12/h5-7H,1-4H2,(H2,16,18). The summed E-state index contributed by atoms with van der Waals surface area (Å²) in [7, 11) is 0. The summed E-state index contributed by atoms with van der Waals surface area (Å²) in [5, 5.41) is 0.739. The molecule has 1 aliphatic carbocycles. The maximum absolute atomic E-state index is 13.4. The van der Waals surface area contributed by atoms with E-state index in [-0.39, 0.29) is 5.82 Å². The van der Waals surface area contributed by atoms with E-state index >= 15 is 0 Å². The number of halogens is 1. The molecule has 0 radical (unpaired) electrons. The van der Waals surface area contributed by atoms with E-state index in [1.54, 1.807) is 6.07 Å². The first-order valence-corrected chi connectivity index (χ1v) is 6.48. The summed E-state index contributed by atoms with van der Waals surface area (Å²) in [5.74, 6) is -0.280. The van der Waals surface area contributed by atoms with E-state index < -0.39 is 0 Å². The molecule has 2 N–H and O–H groups in total. The van der Waals surface area contributed by atoms with Gasteiger partial charge in [0, 0.05) is 16.6 Å². The molecule has 4 heteroatoms. The van der Waals surface area contributed by atoms with Crippen LogP contribution < -0.4 is 5.73 Å². The van der Waals surface area contributed by atoms with Gasteiger partial charge in [0.2, 0.25) is 0 Å². The first-order valence-electron chi connectivity index (χ1n) is 6.07. The average Bonchev–Trinajstić information content (AvgIpc) is 2.35. The van der Waals surface area contributed by atoms with Gasteiger partial charge in [-0.1, -0.05) is 12.2 Å². The fourth-order valence-electron chi connectivity index (χ4n) is 2.68. The molecule has 1 aromatic carbocycles. The van der Waals surface area contributed by atoms with Crippen LogP contribution in [0.4, 0.5) is 4.39 Å². The monoisotopic (exact) mass is 260 g/mol. The molecule has 1 heterocycles. The van der Waals surface area contributed by atoms with Crippen molar-refractivity contribution in [3.8, 4) is 0 Å². The second-order valence-corrected chi connectivity index (χ2v) is 5.08. The molecule has 1 aromatic heterocycles. The van der Waals surface area contributed by atoms with E-state index in [4.69, 9.17) is 18.0 Å². The maximum Gasteiger partial charge on any atom is 0.123 e. The molecule has 0 amide bonds. The van der Waals surface area contributed by atoms with Crippen LogP contribution in [0.3, 0.4) is 0 Å².